The monoisotopic (exact) mass is 224 g/mol. The third kappa shape index (κ3) is 2.58. The molecule has 0 bridgehead atoms. The van der Waals surface area contributed by atoms with Crippen LogP contribution in [-0.2, 0) is 13.6 Å². The van der Waals surface area contributed by atoms with Gasteiger partial charge in [-0.1, -0.05) is 0 Å². The molecule has 0 amide bonds. The lowest BCUT2D eigenvalue weighted by Gasteiger charge is -2.17. The Morgan fingerprint density at radius 3 is 2.53 bits per heavy atom. The van der Waals surface area contributed by atoms with Crippen LogP contribution in [0.15, 0.2) is 11.1 Å². The van der Waals surface area contributed by atoms with Crippen molar-refractivity contribution < 1.29 is 13.2 Å². The minimum Gasteiger partial charge on any atom is -0.330 e. The average Bonchev–Trinajstić information content (AvgIpc) is 2.43. The summed E-state index contributed by atoms with van der Waals surface area (Å²) in [6, 6.07) is 0. The van der Waals surface area contributed by atoms with E-state index in [9.17, 15) is 18.0 Å². The van der Waals surface area contributed by atoms with E-state index in [0.717, 1.165) is 15.6 Å². The number of hydrogen-bond acceptors (Lipinski definition) is 3. The van der Waals surface area contributed by atoms with Gasteiger partial charge >= 0.3 is 11.9 Å². The summed E-state index contributed by atoms with van der Waals surface area (Å²) >= 11 is 0. The van der Waals surface area contributed by atoms with Crippen molar-refractivity contribution in [3.05, 3.63) is 16.8 Å². The summed E-state index contributed by atoms with van der Waals surface area (Å²) in [5.41, 5.74) is 4.41. The van der Waals surface area contributed by atoms with Crippen LogP contribution < -0.4 is 11.4 Å². The van der Waals surface area contributed by atoms with Crippen LogP contribution in [0, 0.1) is 5.92 Å². The maximum Gasteiger partial charge on any atom is 0.394 e. The summed E-state index contributed by atoms with van der Waals surface area (Å²) in [5, 5.41) is 3.53. The van der Waals surface area contributed by atoms with E-state index < -0.39 is 30.9 Å². The first-order chi connectivity index (χ1) is 6.86. The number of aryl methyl sites for hydroxylation is 1. The minimum atomic E-state index is -4.41. The summed E-state index contributed by atoms with van der Waals surface area (Å²) in [4.78, 5) is 11.2. The zero-order chi connectivity index (χ0) is 11.6. The second-order valence-corrected chi connectivity index (χ2v) is 3.18. The Kier molecular flexibility index (Phi) is 3.18. The molecule has 1 aromatic heterocycles. The molecule has 0 aliphatic heterocycles. The standard InChI is InChI=1S/C7H11F3N4O/c1-13-4-12-14(6(13)15)3-5(2-11)7(8,9)10/h4-5H,2-3,11H2,1H3. The Balaban J connectivity index is 2.85. The van der Waals surface area contributed by atoms with Gasteiger partial charge in [-0.25, -0.2) is 9.48 Å². The summed E-state index contributed by atoms with van der Waals surface area (Å²) in [7, 11) is 1.41. The lowest BCUT2D eigenvalue weighted by Crippen LogP contribution is -2.37. The highest BCUT2D eigenvalue weighted by Crippen LogP contribution is 2.26. The number of aromatic nitrogens is 3. The molecular weight excluding hydrogens is 213 g/mol. The molecule has 0 aliphatic rings. The molecule has 8 heteroatoms. The van der Waals surface area contributed by atoms with E-state index in [2.05, 4.69) is 5.10 Å². The van der Waals surface area contributed by atoms with Gasteiger partial charge in [0.2, 0.25) is 0 Å². The summed E-state index contributed by atoms with van der Waals surface area (Å²) in [6.07, 6.45) is -3.25. The van der Waals surface area contributed by atoms with E-state index in [1.165, 1.54) is 7.05 Å². The molecule has 1 heterocycles. The van der Waals surface area contributed by atoms with Gasteiger partial charge in [-0.05, 0) is 0 Å². The smallest absolute Gasteiger partial charge is 0.330 e. The van der Waals surface area contributed by atoms with Crippen molar-refractivity contribution in [2.45, 2.75) is 12.7 Å². The maximum absolute atomic E-state index is 12.3. The van der Waals surface area contributed by atoms with Gasteiger partial charge in [0, 0.05) is 13.6 Å². The molecule has 0 saturated heterocycles. The normalized spacial score (nSPS) is 14.2. The molecule has 0 spiro atoms. The van der Waals surface area contributed by atoms with Crippen LogP contribution in [0.2, 0.25) is 0 Å². The van der Waals surface area contributed by atoms with Crippen LogP contribution in [0.5, 0.6) is 0 Å². The van der Waals surface area contributed by atoms with E-state index in [-0.39, 0.29) is 0 Å². The summed E-state index contributed by atoms with van der Waals surface area (Å²) in [5.74, 6) is -1.75. The van der Waals surface area contributed by atoms with Gasteiger partial charge in [-0.3, -0.25) is 4.57 Å². The molecule has 0 aliphatic carbocycles. The molecule has 86 valence electrons. The molecule has 0 radical (unpaired) electrons. The number of halogens is 3. The number of rotatable bonds is 3. The van der Waals surface area contributed by atoms with Gasteiger partial charge in [-0.2, -0.15) is 18.3 Å². The molecule has 1 atom stereocenters. The highest BCUT2D eigenvalue weighted by atomic mass is 19.4. The van der Waals surface area contributed by atoms with E-state index in [0.29, 0.717) is 0 Å². The van der Waals surface area contributed by atoms with Crippen LogP contribution in [0.3, 0.4) is 0 Å². The van der Waals surface area contributed by atoms with Crippen LogP contribution >= 0.6 is 0 Å². The Labute approximate surface area is 83.3 Å². The largest absolute Gasteiger partial charge is 0.394 e. The van der Waals surface area contributed by atoms with Crippen LogP contribution in [0.25, 0.3) is 0 Å². The Bertz CT molecular complexity index is 380. The minimum absolute atomic E-state index is 0.542. The van der Waals surface area contributed by atoms with E-state index in [4.69, 9.17) is 5.73 Å². The highest BCUT2D eigenvalue weighted by Gasteiger charge is 2.39. The molecule has 15 heavy (non-hydrogen) atoms. The number of nitrogens with two attached hydrogens (primary N) is 1. The van der Waals surface area contributed by atoms with Gasteiger partial charge < -0.3 is 5.73 Å². The second kappa shape index (κ2) is 4.05. The average molecular weight is 224 g/mol. The third-order valence-electron chi connectivity index (χ3n) is 2.03. The van der Waals surface area contributed by atoms with E-state index in [1.54, 1.807) is 0 Å². The zero-order valence-corrected chi connectivity index (χ0v) is 8.03. The lowest BCUT2D eigenvalue weighted by molar-refractivity contribution is -0.175. The predicted molar refractivity (Wildman–Crippen MR) is 46.1 cm³/mol. The van der Waals surface area contributed by atoms with Gasteiger partial charge in [0.25, 0.3) is 0 Å². The van der Waals surface area contributed by atoms with E-state index >= 15 is 0 Å². The van der Waals surface area contributed by atoms with Gasteiger partial charge in [-0.15, -0.1) is 0 Å². The fourth-order valence-electron chi connectivity index (χ4n) is 1.07. The van der Waals surface area contributed by atoms with Crippen molar-refractivity contribution in [2.75, 3.05) is 6.54 Å². The molecule has 0 saturated carbocycles. The van der Waals surface area contributed by atoms with Crippen LogP contribution in [-0.4, -0.2) is 27.1 Å². The number of nitrogens with zero attached hydrogens (tertiary/aromatic N) is 3. The van der Waals surface area contributed by atoms with Crippen molar-refractivity contribution in [1.82, 2.24) is 14.3 Å². The van der Waals surface area contributed by atoms with Crippen LogP contribution in [0.4, 0.5) is 13.2 Å². The van der Waals surface area contributed by atoms with Crippen molar-refractivity contribution >= 4 is 0 Å². The third-order valence-corrected chi connectivity index (χ3v) is 2.03. The topological polar surface area (TPSA) is 65.8 Å². The molecule has 0 fully saturated rings. The maximum atomic E-state index is 12.3. The zero-order valence-electron chi connectivity index (χ0n) is 8.03. The summed E-state index contributed by atoms with van der Waals surface area (Å²) in [6.45, 7) is -1.10. The SMILES string of the molecule is Cn1cnn(CC(CN)C(F)(F)F)c1=O. The van der Waals surface area contributed by atoms with Gasteiger partial charge in [0.05, 0.1) is 12.5 Å². The first-order valence-corrected chi connectivity index (χ1v) is 4.21. The molecule has 1 unspecified atom stereocenters. The fourth-order valence-corrected chi connectivity index (χ4v) is 1.07. The van der Waals surface area contributed by atoms with Crippen molar-refractivity contribution in [3.63, 3.8) is 0 Å². The Morgan fingerprint density at radius 2 is 2.20 bits per heavy atom. The van der Waals surface area contributed by atoms with Crippen molar-refractivity contribution in [1.29, 1.82) is 0 Å². The first-order valence-electron chi connectivity index (χ1n) is 4.21. The molecule has 2 N–H and O–H groups in total. The fraction of sp³-hybridized carbons (Fsp3) is 0.714. The Morgan fingerprint density at radius 1 is 1.60 bits per heavy atom. The lowest BCUT2D eigenvalue weighted by atomic mass is 10.1. The van der Waals surface area contributed by atoms with E-state index in [1.807, 2.05) is 0 Å². The Hall–Kier alpha value is -1.31. The molecule has 1 rings (SSSR count). The van der Waals surface area contributed by atoms with Crippen molar-refractivity contribution in [2.24, 2.45) is 18.7 Å². The molecule has 5 nitrogen and oxygen atoms in total. The molecule has 1 aromatic rings. The molecule has 0 aromatic carbocycles. The number of alkyl halides is 3. The summed E-state index contributed by atoms with van der Waals surface area (Å²) < 4.78 is 38.8. The van der Waals surface area contributed by atoms with Crippen molar-refractivity contribution in [3.8, 4) is 0 Å². The van der Waals surface area contributed by atoms with Gasteiger partial charge in [0.1, 0.15) is 6.33 Å². The first kappa shape index (κ1) is 11.8. The van der Waals surface area contributed by atoms with Gasteiger partial charge in [0.15, 0.2) is 0 Å². The van der Waals surface area contributed by atoms with Crippen LogP contribution in [0.1, 0.15) is 0 Å². The predicted octanol–water partition coefficient (Wildman–Crippen LogP) is -0.281. The quantitative estimate of drug-likeness (QED) is 0.767. The molecular formula is C7H11F3N4O. The number of hydrogen-bond donors (Lipinski definition) is 1. The second-order valence-electron chi connectivity index (χ2n) is 3.18. The highest BCUT2D eigenvalue weighted by molar-refractivity contribution is 4.72.